The lowest BCUT2D eigenvalue weighted by Crippen LogP contribution is -2.01. The largest absolute Gasteiger partial charge is 0.236 e. The SMILES string of the molecule is Cc1ccccc1-n1nc(C)c(C#N)c1C. The van der Waals surface area contributed by atoms with Gasteiger partial charge in [0.15, 0.2) is 0 Å². The summed E-state index contributed by atoms with van der Waals surface area (Å²) in [5.41, 5.74) is 4.53. The molecule has 2 rings (SSSR count). The van der Waals surface area contributed by atoms with Gasteiger partial charge in [-0.25, -0.2) is 4.68 Å². The molecule has 0 N–H and O–H groups in total. The maximum absolute atomic E-state index is 9.03. The highest BCUT2D eigenvalue weighted by molar-refractivity contribution is 5.46. The lowest BCUT2D eigenvalue weighted by Gasteiger charge is -2.07. The van der Waals surface area contributed by atoms with E-state index in [0.29, 0.717) is 5.56 Å². The van der Waals surface area contributed by atoms with Crippen molar-refractivity contribution in [3.8, 4) is 11.8 Å². The highest BCUT2D eigenvalue weighted by Gasteiger charge is 2.12. The molecule has 0 atom stereocenters. The molecule has 0 fully saturated rings. The van der Waals surface area contributed by atoms with Crippen LogP contribution in [-0.2, 0) is 0 Å². The first-order valence-corrected chi connectivity index (χ1v) is 5.17. The summed E-state index contributed by atoms with van der Waals surface area (Å²) in [6.45, 7) is 5.82. The summed E-state index contributed by atoms with van der Waals surface area (Å²) in [5, 5.41) is 13.4. The molecular weight excluding hydrogens is 198 g/mol. The second kappa shape index (κ2) is 3.82. The molecular formula is C13H13N3. The van der Waals surface area contributed by atoms with Gasteiger partial charge in [-0.2, -0.15) is 10.4 Å². The molecule has 0 bridgehead atoms. The molecule has 1 aromatic carbocycles. The monoisotopic (exact) mass is 211 g/mol. The minimum absolute atomic E-state index is 0.670. The summed E-state index contributed by atoms with van der Waals surface area (Å²) < 4.78 is 1.84. The minimum Gasteiger partial charge on any atom is -0.236 e. The van der Waals surface area contributed by atoms with Crippen molar-refractivity contribution in [2.45, 2.75) is 20.8 Å². The van der Waals surface area contributed by atoms with Crippen LogP contribution in [0.15, 0.2) is 24.3 Å². The van der Waals surface area contributed by atoms with Crippen molar-refractivity contribution < 1.29 is 0 Å². The summed E-state index contributed by atoms with van der Waals surface area (Å²) in [6.07, 6.45) is 0. The molecule has 1 aromatic heterocycles. The second-order valence-electron chi connectivity index (χ2n) is 3.86. The third-order valence-electron chi connectivity index (χ3n) is 2.75. The molecule has 0 aliphatic rings. The Morgan fingerprint density at radius 1 is 1.19 bits per heavy atom. The fourth-order valence-electron chi connectivity index (χ4n) is 1.84. The maximum atomic E-state index is 9.03. The number of para-hydroxylation sites is 1. The molecule has 0 aliphatic carbocycles. The summed E-state index contributed by atoms with van der Waals surface area (Å²) in [7, 11) is 0. The van der Waals surface area contributed by atoms with Crippen LogP contribution in [0.4, 0.5) is 0 Å². The van der Waals surface area contributed by atoms with Gasteiger partial charge in [-0.15, -0.1) is 0 Å². The van der Waals surface area contributed by atoms with Gasteiger partial charge in [0.2, 0.25) is 0 Å². The third kappa shape index (κ3) is 1.49. The predicted molar refractivity (Wildman–Crippen MR) is 62.5 cm³/mol. The summed E-state index contributed by atoms with van der Waals surface area (Å²) in [4.78, 5) is 0. The van der Waals surface area contributed by atoms with E-state index in [0.717, 1.165) is 22.6 Å². The zero-order valence-corrected chi connectivity index (χ0v) is 9.65. The van der Waals surface area contributed by atoms with Crippen LogP contribution in [0.3, 0.4) is 0 Å². The number of benzene rings is 1. The van der Waals surface area contributed by atoms with Gasteiger partial charge in [0.25, 0.3) is 0 Å². The van der Waals surface area contributed by atoms with Gasteiger partial charge in [-0.05, 0) is 32.4 Å². The summed E-state index contributed by atoms with van der Waals surface area (Å²) in [6, 6.07) is 10.2. The van der Waals surface area contributed by atoms with Crippen LogP contribution in [0.25, 0.3) is 5.69 Å². The molecule has 0 spiro atoms. The third-order valence-corrected chi connectivity index (χ3v) is 2.75. The van der Waals surface area contributed by atoms with Crippen LogP contribution < -0.4 is 0 Å². The molecule has 3 heteroatoms. The smallest absolute Gasteiger partial charge is 0.103 e. The fourth-order valence-corrected chi connectivity index (χ4v) is 1.84. The van der Waals surface area contributed by atoms with Crippen LogP contribution in [0.1, 0.15) is 22.5 Å². The van der Waals surface area contributed by atoms with Gasteiger partial charge < -0.3 is 0 Å². The molecule has 0 saturated carbocycles. The lowest BCUT2D eigenvalue weighted by molar-refractivity contribution is 0.827. The number of aromatic nitrogens is 2. The number of nitrogens with zero attached hydrogens (tertiary/aromatic N) is 3. The molecule has 2 aromatic rings. The van der Waals surface area contributed by atoms with Gasteiger partial charge in [0, 0.05) is 0 Å². The van der Waals surface area contributed by atoms with Gasteiger partial charge in [-0.3, -0.25) is 0 Å². The van der Waals surface area contributed by atoms with Gasteiger partial charge >= 0.3 is 0 Å². The van der Waals surface area contributed by atoms with Crippen molar-refractivity contribution in [3.63, 3.8) is 0 Å². The Kier molecular flexibility index (Phi) is 2.49. The zero-order valence-electron chi connectivity index (χ0n) is 9.65. The zero-order chi connectivity index (χ0) is 11.7. The van der Waals surface area contributed by atoms with E-state index in [9.17, 15) is 0 Å². The normalized spacial score (nSPS) is 10.1. The van der Waals surface area contributed by atoms with E-state index >= 15 is 0 Å². The van der Waals surface area contributed by atoms with Gasteiger partial charge in [0.05, 0.1) is 22.6 Å². The number of aryl methyl sites for hydroxylation is 2. The number of hydrogen-bond donors (Lipinski definition) is 0. The Labute approximate surface area is 94.9 Å². The molecule has 80 valence electrons. The van der Waals surface area contributed by atoms with E-state index in [-0.39, 0.29) is 0 Å². The predicted octanol–water partition coefficient (Wildman–Crippen LogP) is 2.67. The first kappa shape index (κ1) is 10.4. The average molecular weight is 211 g/mol. The molecule has 0 amide bonds. The van der Waals surface area contributed by atoms with E-state index < -0.39 is 0 Å². The Morgan fingerprint density at radius 3 is 2.44 bits per heavy atom. The van der Waals surface area contributed by atoms with Crippen LogP contribution in [0.2, 0.25) is 0 Å². The van der Waals surface area contributed by atoms with Crippen molar-refractivity contribution in [2.75, 3.05) is 0 Å². The van der Waals surface area contributed by atoms with Crippen molar-refractivity contribution >= 4 is 0 Å². The Bertz CT molecular complexity index is 573. The maximum Gasteiger partial charge on any atom is 0.103 e. The molecule has 0 saturated heterocycles. The Hall–Kier alpha value is -2.08. The number of nitriles is 1. The Balaban J connectivity index is 2.68. The highest BCUT2D eigenvalue weighted by atomic mass is 15.3. The Morgan fingerprint density at radius 2 is 1.88 bits per heavy atom. The molecule has 1 heterocycles. The fraction of sp³-hybridized carbons (Fsp3) is 0.231. The molecule has 0 aliphatic heterocycles. The molecule has 0 unspecified atom stereocenters. The summed E-state index contributed by atoms with van der Waals surface area (Å²) >= 11 is 0. The van der Waals surface area contributed by atoms with Crippen LogP contribution in [0, 0.1) is 32.1 Å². The van der Waals surface area contributed by atoms with E-state index in [1.807, 2.05) is 49.7 Å². The van der Waals surface area contributed by atoms with E-state index in [4.69, 9.17) is 5.26 Å². The van der Waals surface area contributed by atoms with E-state index in [2.05, 4.69) is 11.2 Å². The van der Waals surface area contributed by atoms with Crippen molar-refractivity contribution in [1.29, 1.82) is 5.26 Å². The molecule has 0 radical (unpaired) electrons. The average Bonchev–Trinajstić information content (AvgIpc) is 2.55. The lowest BCUT2D eigenvalue weighted by atomic mass is 10.2. The first-order valence-electron chi connectivity index (χ1n) is 5.17. The van der Waals surface area contributed by atoms with Crippen molar-refractivity contribution in [3.05, 3.63) is 46.8 Å². The van der Waals surface area contributed by atoms with Crippen molar-refractivity contribution in [1.82, 2.24) is 9.78 Å². The van der Waals surface area contributed by atoms with Crippen LogP contribution in [-0.4, -0.2) is 9.78 Å². The van der Waals surface area contributed by atoms with Crippen LogP contribution >= 0.6 is 0 Å². The number of rotatable bonds is 1. The van der Waals surface area contributed by atoms with Gasteiger partial charge in [-0.1, -0.05) is 18.2 Å². The minimum atomic E-state index is 0.670. The standard InChI is InChI=1S/C13H13N3/c1-9-6-4-5-7-13(9)16-11(3)12(8-14)10(2)15-16/h4-7H,1-3H3. The molecule has 3 nitrogen and oxygen atoms in total. The van der Waals surface area contributed by atoms with E-state index in [1.54, 1.807) is 0 Å². The quantitative estimate of drug-likeness (QED) is 0.727. The topological polar surface area (TPSA) is 41.6 Å². The highest BCUT2D eigenvalue weighted by Crippen LogP contribution is 2.19. The summed E-state index contributed by atoms with van der Waals surface area (Å²) in [5.74, 6) is 0. The van der Waals surface area contributed by atoms with Crippen molar-refractivity contribution in [2.24, 2.45) is 0 Å². The van der Waals surface area contributed by atoms with Gasteiger partial charge in [0.1, 0.15) is 6.07 Å². The first-order chi connectivity index (χ1) is 7.65. The molecule has 16 heavy (non-hydrogen) atoms. The van der Waals surface area contributed by atoms with E-state index in [1.165, 1.54) is 0 Å². The second-order valence-corrected chi connectivity index (χ2v) is 3.86. The van der Waals surface area contributed by atoms with Crippen LogP contribution in [0.5, 0.6) is 0 Å². The number of hydrogen-bond acceptors (Lipinski definition) is 2.